The van der Waals surface area contributed by atoms with Crippen LogP contribution in [0, 0.1) is 0 Å². The van der Waals surface area contributed by atoms with E-state index in [4.69, 9.17) is 4.74 Å². The van der Waals surface area contributed by atoms with E-state index < -0.39 is 0 Å². The first kappa shape index (κ1) is 22.7. The zero-order valence-electron chi connectivity index (χ0n) is 19.8. The van der Waals surface area contributed by atoms with E-state index in [9.17, 15) is 5.11 Å². The number of benzene rings is 4. The smallest absolute Gasteiger partial charge is 0.119 e. The lowest BCUT2D eigenvalue weighted by Gasteiger charge is -2.19. The summed E-state index contributed by atoms with van der Waals surface area (Å²) in [5.74, 6) is 1.24. The summed E-state index contributed by atoms with van der Waals surface area (Å²) in [5, 5.41) is 14.1. The minimum atomic E-state index is 0.173. The molecule has 0 unspecified atom stereocenters. The second kappa shape index (κ2) is 8.63. The first-order valence-corrected chi connectivity index (χ1v) is 10.8. The molecule has 0 spiro atoms. The number of rotatable bonds is 1. The van der Waals surface area contributed by atoms with Crippen LogP contribution in [0.1, 0.15) is 52.7 Å². The largest absolute Gasteiger partial charge is 0.508 e. The minimum Gasteiger partial charge on any atom is -0.508 e. The van der Waals surface area contributed by atoms with Crippen molar-refractivity contribution in [3.05, 3.63) is 83.9 Å². The van der Waals surface area contributed by atoms with Gasteiger partial charge in [0.15, 0.2) is 0 Å². The highest BCUT2D eigenvalue weighted by molar-refractivity contribution is 5.85. The molecule has 2 nitrogen and oxygen atoms in total. The van der Waals surface area contributed by atoms with Gasteiger partial charge in [0.2, 0.25) is 0 Å². The molecule has 4 aromatic rings. The lowest BCUT2D eigenvalue weighted by Crippen LogP contribution is -2.10. The molecular weight excluding hydrogens is 380 g/mol. The van der Waals surface area contributed by atoms with Crippen LogP contribution in [0.25, 0.3) is 21.5 Å². The van der Waals surface area contributed by atoms with E-state index in [0.717, 1.165) is 11.1 Å². The molecular formula is C29H34O2. The molecule has 4 rings (SSSR count). The number of phenolic OH excluding ortho intramolecular Hbond substituents is 1. The van der Waals surface area contributed by atoms with E-state index >= 15 is 0 Å². The number of aromatic hydroxyl groups is 1. The van der Waals surface area contributed by atoms with Crippen molar-refractivity contribution in [1.29, 1.82) is 0 Å². The molecule has 162 valence electrons. The Morgan fingerprint density at radius 3 is 1.45 bits per heavy atom. The van der Waals surface area contributed by atoms with Crippen LogP contribution in [-0.2, 0) is 10.8 Å². The highest BCUT2D eigenvalue weighted by Crippen LogP contribution is 2.29. The van der Waals surface area contributed by atoms with Crippen LogP contribution in [0.3, 0.4) is 0 Å². The fraction of sp³-hybridized carbons (Fsp3) is 0.310. The second-order valence-electron chi connectivity index (χ2n) is 10.2. The Bertz CT molecular complexity index is 1190. The number of hydrogen-bond donors (Lipinski definition) is 1. The Labute approximate surface area is 186 Å². The van der Waals surface area contributed by atoms with Crippen molar-refractivity contribution < 1.29 is 9.84 Å². The van der Waals surface area contributed by atoms with Crippen molar-refractivity contribution in [3.63, 3.8) is 0 Å². The van der Waals surface area contributed by atoms with Gasteiger partial charge in [-0.05, 0) is 67.8 Å². The van der Waals surface area contributed by atoms with E-state index in [1.807, 2.05) is 12.1 Å². The molecule has 0 radical (unpaired) electrons. The summed E-state index contributed by atoms with van der Waals surface area (Å²) in [6, 6.07) is 24.7. The standard InChI is InChI=1S/C15H18O.C14H16O/c1-15(2,3)13-7-5-12-10-14(16-4)8-6-11(12)9-13;1-14(2,3)12-6-4-11-9-13(15)7-5-10(11)8-12/h5-10H,1-4H3;4-9,15H,1-3H3. The molecule has 0 aliphatic heterocycles. The van der Waals surface area contributed by atoms with Crippen LogP contribution in [-0.4, -0.2) is 12.2 Å². The molecule has 0 aromatic heterocycles. The summed E-state index contributed by atoms with van der Waals surface area (Å²) < 4.78 is 5.22. The van der Waals surface area contributed by atoms with E-state index in [1.54, 1.807) is 19.2 Å². The maximum absolute atomic E-state index is 9.36. The summed E-state index contributed by atoms with van der Waals surface area (Å²) in [6.45, 7) is 13.3. The Kier molecular flexibility index (Phi) is 6.31. The van der Waals surface area contributed by atoms with E-state index in [0.29, 0.717) is 5.75 Å². The Balaban J connectivity index is 0.000000176. The maximum Gasteiger partial charge on any atom is 0.119 e. The van der Waals surface area contributed by atoms with Gasteiger partial charge >= 0.3 is 0 Å². The fourth-order valence-electron chi connectivity index (χ4n) is 3.52. The van der Waals surface area contributed by atoms with Crippen molar-refractivity contribution in [2.45, 2.75) is 52.4 Å². The molecule has 0 aliphatic rings. The van der Waals surface area contributed by atoms with Gasteiger partial charge in [0, 0.05) is 0 Å². The summed E-state index contributed by atoms with van der Waals surface area (Å²) in [7, 11) is 1.70. The molecule has 4 aromatic carbocycles. The van der Waals surface area contributed by atoms with Gasteiger partial charge < -0.3 is 9.84 Å². The van der Waals surface area contributed by atoms with E-state index in [-0.39, 0.29) is 10.8 Å². The molecule has 0 atom stereocenters. The van der Waals surface area contributed by atoms with Gasteiger partial charge in [0.05, 0.1) is 7.11 Å². The number of methoxy groups -OCH3 is 1. The zero-order valence-corrected chi connectivity index (χ0v) is 19.8. The summed E-state index contributed by atoms with van der Waals surface area (Å²) in [5.41, 5.74) is 3.06. The van der Waals surface area contributed by atoms with Crippen molar-refractivity contribution in [1.82, 2.24) is 0 Å². The topological polar surface area (TPSA) is 29.5 Å². The SMILES string of the molecule is CC(C)(C)c1ccc2cc(O)ccc2c1.COc1ccc2cc(C(C)(C)C)ccc2c1. The monoisotopic (exact) mass is 414 g/mol. The highest BCUT2D eigenvalue weighted by Gasteiger charge is 2.14. The summed E-state index contributed by atoms with van der Waals surface area (Å²) in [4.78, 5) is 0. The minimum absolute atomic E-state index is 0.173. The van der Waals surface area contributed by atoms with Gasteiger partial charge in [-0.15, -0.1) is 0 Å². The van der Waals surface area contributed by atoms with Crippen molar-refractivity contribution >= 4 is 21.5 Å². The van der Waals surface area contributed by atoms with Gasteiger partial charge in [-0.1, -0.05) is 90.1 Å². The molecule has 0 bridgehead atoms. The zero-order chi connectivity index (χ0) is 22.8. The number of fused-ring (bicyclic) bond motifs is 2. The maximum atomic E-state index is 9.36. The number of hydrogen-bond acceptors (Lipinski definition) is 2. The molecule has 0 amide bonds. The molecule has 0 fully saturated rings. The van der Waals surface area contributed by atoms with Crippen LogP contribution in [0.15, 0.2) is 72.8 Å². The number of phenols is 1. The van der Waals surface area contributed by atoms with Crippen LogP contribution >= 0.6 is 0 Å². The van der Waals surface area contributed by atoms with Crippen LogP contribution in [0.2, 0.25) is 0 Å². The lowest BCUT2D eigenvalue weighted by molar-refractivity contribution is 0.415. The molecule has 0 aliphatic carbocycles. The summed E-state index contributed by atoms with van der Waals surface area (Å²) in [6.07, 6.45) is 0. The summed E-state index contributed by atoms with van der Waals surface area (Å²) >= 11 is 0. The molecule has 31 heavy (non-hydrogen) atoms. The Hall–Kier alpha value is -3.00. The van der Waals surface area contributed by atoms with E-state index in [2.05, 4.69) is 90.1 Å². The Morgan fingerprint density at radius 1 is 0.548 bits per heavy atom. The van der Waals surface area contributed by atoms with Crippen LogP contribution < -0.4 is 4.74 Å². The van der Waals surface area contributed by atoms with Crippen molar-refractivity contribution in [2.24, 2.45) is 0 Å². The lowest BCUT2D eigenvalue weighted by atomic mass is 9.86. The van der Waals surface area contributed by atoms with Gasteiger partial charge in [0.25, 0.3) is 0 Å². The third kappa shape index (κ3) is 5.58. The van der Waals surface area contributed by atoms with Gasteiger partial charge in [0.1, 0.15) is 11.5 Å². The van der Waals surface area contributed by atoms with Crippen LogP contribution in [0.5, 0.6) is 11.5 Å². The number of ether oxygens (including phenoxy) is 1. The van der Waals surface area contributed by atoms with E-state index in [1.165, 1.54) is 27.3 Å². The molecule has 0 saturated heterocycles. The fourth-order valence-corrected chi connectivity index (χ4v) is 3.52. The predicted molar refractivity (Wildman–Crippen MR) is 134 cm³/mol. The normalized spacial score (nSPS) is 11.8. The first-order chi connectivity index (χ1) is 14.5. The van der Waals surface area contributed by atoms with Crippen molar-refractivity contribution in [2.75, 3.05) is 7.11 Å². The Morgan fingerprint density at radius 2 is 0.968 bits per heavy atom. The highest BCUT2D eigenvalue weighted by atomic mass is 16.5. The third-order valence-corrected chi connectivity index (χ3v) is 5.60. The first-order valence-electron chi connectivity index (χ1n) is 10.8. The molecule has 0 heterocycles. The third-order valence-electron chi connectivity index (χ3n) is 5.60. The second-order valence-corrected chi connectivity index (χ2v) is 10.2. The average Bonchev–Trinajstić information content (AvgIpc) is 2.71. The molecule has 1 N–H and O–H groups in total. The van der Waals surface area contributed by atoms with Crippen molar-refractivity contribution in [3.8, 4) is 11.5 Å². The predicted octanol–water partition coefficient (Wildman–Crippen LogP) is 7.99. The van der Waals surface area contributed by atoms with Gasteiger partial charge in [-0.2, -0.15) is 0 Å². The molecule has 0 saturated carbocycles. The van der Waals surface area contributed by atoms with Gasteiger partial charge in [-0.3, -0.25) is 0 Å². The van der Waals surface area contributed by atoms with Crippen LogP contribution in [0.4, 0.5) is 0 Å². The van der Waals surface area contributed by atoms with Gasteiger partial charge in [-0.25, -0.2) is 0 Å². The quantitative estimate of drug-likeness (QED) is 0.342. The molecule has 2 heteroatoms. The average molecular weight is 415 g/mol.